The number of hydrogen-bond donors (Lipinski definition) is 2. The first-order valence-corrected chi connectivity index (χ1v) is 11.3. The monoisotopic (exact) mass is 487 g/mol. The molecule has 1 amide bonds. The largest absolute Gasteiger partial charge is 0.496 e. The first-order chi connectivity index (χ1) is 14.5. The van der Waals surface area contributed by atoms with Crippen LogP contribution in [0.5, 0.6) is 5.75 Å². The first-order valence-electron chi connectivity index (χ1n) is 9.58. The highest BCUT2D eigenvalue weighted by Crippen LogP contribution is 2.39. The summed E-state index contributed by atoms with van der Waals surface area (Å²) in [5.74, 6) is 1.38. The van der Waals surface area contributed by atoms with Gasteiger partial charge in [0.2, 0.25) is 11.1 Å². The van der Waals surface area contributed by atoms with Gasteiger partial charge in [-0.2, -0.15) is 0 Å². The maximum Gasteiger partial charge on any atom is 0.240 e. The van der Waals surface area contributed by atoms with E-state index in [-0.39, 0.29) is 11.9 Å². The van der Waals surface area contributed by atoms with Gasteiger partial charge < -0.3 is 15.5 Å². The maximum absolute atomic E-state index is 13.3. The van der Waals surface area contributed by atoms with Crippen molar-refractivity contribution in [3.63, 3.8) is 0 Å². The molecule has 2 aromatic carbocycles. The number of ether oxygens (including phenoxy) is 1. The van der Waals surface area contributed by atoms with Crippen LogP contribution in [0.3, 0.4) is 0 Å². The van der Waals surface area contributed by atoms with E-state index in [0.717, 1.165) is 33.7 Å². The van der Waals surface area contributed by atoms with E-state index < -0.39 is 5.25 Å². The number of carbonyl (C=O) groups is 1. The molecule has 0 saturated heterocycles. The number of methoxy groups -OCH3 is 1. The van der Waals surface area contributed by atoms with Gasteiger partial charge in [-0.1, -0.05) is 36.9 Å². The third-order valence-corrected chi connectivity index (χ3v) is 6.86. The van der Waals surface area contributed by atoms with Gasteiger partial charge in [0.25, 0.3) is 0 Å². The van der Waals surface area contributed by atoms with E-state index in [1.807, 2.05) is 54.1 Å². The lowest BCUT2D eigenvalue weighted by molar-refractivity contribution is -0.116. The van der Waals surface area contributed by atoms with Gasteiger partial charge in [0.05, 0.1) is 17.6 Å². The van der Waals surface area contributed by atoms with Crippen molar-refractivity contribution in [2.45, 2.75) is 36.7 Å². The average Bonchev–Trinajstić information content (AvgIpc) is 3.13. The van der Waals surface area contributed by atoms with Gasteiger partial charge in [0.15, 0.2) is 0 Å². The molecule has 0 aliphatic carbocycles. The standard InChI is InChI=1S/C21H22BrN5O2S/c1-4-13-5-8-15(9-6-13)23-20(28)19-18(14-7-10-17(29-3)16(22)11-14)26-27-12(2)24-25-21(27)30-19/h5-11,18-19,26H,4H2,1-3H3,(H,23,28)/t18-,19+/m0/s1. The van der Waals surface area contributed by atoms with Crippen LogP contribution in [0.15, 0.2) is 52.1 Å². The van der Waals surface area contributed by atoms with E-state index in [4.69, 9.17) is 4.74 Å². The zero-order valence-electron chi connectivity index (χ0n) is 16.8. The summed E-state index contributed by atoms with van der Waals surface area (Å²) >= 11 is 4.95. The molecule has 4 rings (SSSR count). The van der Waals surface area contributed by atoms with Crippen molar-refractivity contribution in [1.29, 1.82) is 0 Å². The third-order valence-electron chi connectivity index (χ3n) is 5.02. The number of rotatable bonds is 5. The minimum atomic E-state index is -0.438. The second-order valence-electron chi connectivity index (χ2n) is 6.94. The fourth-order valence-electron chi connectivity index (χ4n) is 3.32. The second-order valence-corrected chi connectivity index (χ2v) is 8.91. The predicted octanol–water partition coefficient (Wildman–Crippen LogP) is 4.32. The van der Waals surface area contributed by atoms with E-state index in [1.165, 1.54) is 17.3 Å². The molecule has 0 bridgehead atoms. The van der Waals surface area contributed by atoms with Gasteiger partial charge in [-0.05, 0) is 64.7 Å². The molecular weight excluding hydrogens is 466 g/mol. The number of nitrogens with one attached hydrogen (secondary N) is 2. The molecule has 7 nitrogen and oxygen atoms in total. The molecule has 30 heavy (non-hydrogen) atoms. The molecule has 1 aliphatic rings. The Labute approximate surface area is 187 Å². The minimum absolute atomic E-state index is 0.0967. The number of halogens is 1. The fourth-order valence-corrected chi connectivity index (χ4v) is 5.01. The molecule has 3 aromatic rings. The number of benzene rings is 2. The van der Waals surface area contributed by atoms with Crippen LogP contribution in [0.1, 0.15) is 29.9 Å². The molecule has 0 saturated carbocycles. The van der Waals surface area contributed by atoms with Crippen molar-refractivity contribution >= 4 is 39.3 Å². The number of thioether (sulfide) groups is 1. The topological polar surface area (TPSA) is 81.1 Å². The number of aromatic nitrogens is 3. The van der Waals surface area contributed by atoms with E-state index in [1.54, 1.807) is 7.11 Å². The summed E-state index contributed by atoms with van der Waals surface area (Å²) in [4.78, 5) is 13.3. The average molecular weight is 488 g/mol. The molecule has 1 aliphatic heterocycles. The molecule has 0 radical (unpaired) electrons. The zero-order chi connectivity index (χ0) is 21.3. The highest BCUT2D eigenvalue weighted by Gasteiger charge is 2.37. The van der Waals surface area contributed by atoms with E-state index in [2.05, 4.69) is 43.8 Å². The smallest absolute Gasteiger partial charge is 0.240 e. The van der Waals surface area contributed by atoms with Crippen molar-refractivity contribution in [3.8, 4) is 5.75 Å². The quantitative estimate of drug-likeness (QED) is 0.557. The van der Waals surface area contributed by atoms with Gasteiger partial charge in [0, 0.05) is 5.69 Å². The minimum Gasteiger partial charge on any atom is -0.496 e. The molecule has 1 aromatic heterocycles. The lowest BCUT2D eigenvalue weighted by Gasteiger charge is -2.33. The Hall–Kier alpha value is -2.52. The Kier molecular flexibility index (Phi) is 6.01. The number of anilines is 1. The van der Waals surface area contributed by atoms with Crippen molar-refractivity contribution < 1.29 is 9.53 Å². The van der Waals surface area contributed by atoms with Crippen LogP contribution in [0.25, 0.3) is 0 Å². The SMILES string of the molecule is CCc1ccc(NC(=O)[C@@H]2Sc3nnc(C)n3N[C@H]2c2ccc(OC)c(Br)c2)cc1. The zero-order valence-corrected chi connectivity index (χ0v) is 19.3. The highest BCUT2D eigenvalue weighted by molar-refractivity contribution is 9.10. The Bertz CT molecular complexity index is 1070. The number of nitrogens with zero attached hydrogens (tertiary/aromatic N) is 3. The molecular formula is C21H22BrN5O2S. The highest BCUT2D eigenvalue weighted by atomic mass is 79.9. The molecule has 2 heterocycles. The second kappa shape index (κ2) is 8.69. The molecule has 2 atom stereocenters. The Morgan fingerprint density at radius 3 is 2.70 bits per heavy atom. The van der Waals surface area contributed by atoms with Crippen LogP contribution in [0.4, 0.5) is 5.69 Å². The summed E-state index contributed by atoms with van der Waals surface area (Å²) in [7, 11) is 1.63. The van der Waals surface area contributed by atoms with Crippen LogP contribution < -0.4 is 15.5 Å². The summed E-state index contributed by atoms with van der Waals surface area (Å²) in [6.07, 6.45) is 0.958. The van der Waals surface area contributed by atoms with Crippen LogP contribution >= 0.6 is 27.7 Å². The molecule has 0 fully saturated rings. The Morgan fingerprint density at radius 2 is 2.03 bits per heavy atom. The molecule has 156 valence electrons. The molecule has 0 unspecified atom stereocenters. The number of carbonyl (C=O) groups excluding carboxylic acids is 1. The first kappa shape index (κ1) is 20.7. The number of aryl methyl sites for hydroxylation is 2. The predicted molar refractivity (Wildman–Crippen MR) is 122 cm³/mol. The van der Waals surface area contributed by atoms with Crippen molar-refractivity contribution in [1.82, 2.24) is 14.9 Å². The molecule has 2 N–H and O–H groups in total. The van der Waals surface area contributed by atoms with E-state index in [0.29, 0.717) is 5.16 Å². The summed E-state index contributed by atoms with van der Waals surface area (Å²) in [6.45, 7) is 3.98. The van der Waals surface area contributed by atoms with Gasteiger partial charge in [0.1, 0.15) is 16.8 Å². The lowest BCUT2D eigenvalue weighted by atomic mass is 10.0. The summed E-state index contributed by atoms with van der Waals surface area (Å²) < 4.78 is 8.00. The number of amides is 1. The molecule has 9 heteroatoms. The van der Waals surface area contributed by atoms with Crippen molar-refractivity contribution in [2.75, 3.05) is 17.9 Å². The third kappa shape index (κ3) is 4.04. The number of fused-ring (bicyclic) bond motifs is 1. The normalized spacial score (nSPS) is 17.7. The van der Waals surface area contributed by atoms with Gasteiger partial charge in [-0.3, -0.25) is 4.79 Å². The summed E-state index contributed by atoms with van der Waals surface area (Å²) in [5, 5.41) is 11.6. The number of hydrogen-bond acceptors (Lipinski definition) is 6. The van der Waals surface area contributed by atoms with E-state index >= 15 is 0 Å². The van der Waals surface area contributed by atoms with Crippen LogP contribution in [0.2, 0.25) is 0 Å². The summed E-state index contributed by atoms with van der Waals surface area (Å²) in [6, 6.07) is 13.5. The van der Waals surface area contributed by atoms with Crippen molar-refractivity contribution in [3.05, 3.63) is 63.9 Å². The molecule has 0 spiro atoms. The Morgan fingerprint density at radius 1 is 1.27 bits per heavy atom. The lowest BCUT2D eigenvalue weighted by Crippen LogP contribution is -2.41. The van der Waals surface area contributed by atoms with Crippen molar-refractivity contribution in [2.24, 2.45) is 0 Å². The van der Waals surface area contributed by atoms with Gasteiger partial charge in [-0.15, -0.1) is 10.2 Å². The van der Waals surface area contributed by atoms with Crippen LogP contribution in [0, 0.1) is 6.92 Å². The van der Waals surface area contributed by atoms with Gasteiger partial charge in [-0.25, -0.2) is 4.68 Å². The van der Waals surface area contributed by atoms with Crippen LogP contribution in [-0.4, -0.2) is 33.1 Å². The fraction of sp³-hybridized carbons (Fsp3) is 0.286. The van der Waals surface area contributed by atoms with E-state index in [9.17, 15) is 4.79 Å². The Balaban J connectivity index is 1.65. The van der Waals surface area contributed by atoms with Gasteiger partial charge >= 0.3 is 0 Å². The van der Waals surface area contributed by atoms with Crippen LogP contribution in [-0.2, 0) is 11.2 Å². The summed E-state index contributed by atoms with van der Waals surface area (Å²) in [5.41, 5.74) is 6.37. The maximum atomic E-state index is 13.3.